The molecule has 0 saturated carbocycles. The van der Waals surface area contributed by atoms with Crippen LogP contribution in [0.5, 0.6) is 5.75 Å². The SMILES string of the molecule is Cc1cccc(OCCn2c(C(C)N)nc3cc(C)ccc32)c1. The van der Waals surface area contributed by atoms with Crippen LogP contribution in [0.25, 0.3) is 11.0 Å². The highest BCUT2D eigenvalue weighted by Gasteiger charge is 2.14. The van der Waals surface area contributed by atoms with E-state index in [1.54, 1.807) is 0 Å². The predicted molar refractivity (Wildman–Crippen MR) is 93.7 cm³/mol. The van der Waals surface area contributed by atoms with Gasteiger partial charge in [0.1, 0.15) is 18.2 Å². The Balaban J connectivity index is 1.82. The topological polar surface area (TPSA) is 53.1 Å². The molecule has 0 bridgehead atoms. The summed E-state index contributed by atoms with van der Waals surface area (Å²) in [6, 6.07) is 14.3. The molecule has 3 rings (SSSR count). The summed E-state index contributed by atoms with van der Waals surface area (Å²) >= 11 is 0. The molecular weight excluding hydrogens is 286 g/mol. The standard InChI is InChI=1S/C19H23N3O/c1-13-5-4-6-16(11-13)23-10-9-22-18-8-7-14(2)12-17(18)21-19(22)15(3)20/h4-8,11-12,15H,9-10,20H2,1-3H3. The first kappa shape index (κ1) is 15.6. The van der Waals surface area contributed by atoms with Gasteiger partial charge in [0.25, 0.3) is 0 Å². The van der Waals surface area contributed by atoms with Crippen LogP contribution >= 0.6 is 0 Å². The van der Waals surface area contributed by atoms with E-state index >= 15 is 0 Å². The fraction of sp³-hybridized carbons (Fsp3) is 0.316. The van der Waals surface area contributed by atoms with E-state index in [2.05, 4.69) is 42.7 Å². The third-order valence-electron chi connectivity index (χ3n) is 3.91. The fourth-order valence-electron chi connectivity index (χ4n) is 2.80. The number of imidazole rings is 1. The molecule has 0 saturated heterocycles. The van der Waals surface area contributed by atoms with Gasteiger partial charge in [-0.1, -0.05) is 18.2 Å². The van der Waals surface area contributed by atoms with Crippen molar-refractivity contribution in [1.82, 2.24) is 9.55 Å². The van der Waals surface area contributed by atoms with Gasteiger partial charge in [-0.15, -0.1) is 0 Å². The number of aromatic nitrogens is 2. The maximum absolute atomic E-state index is 6.09. The summed E-state index contributed by atoms with van der Waals surface area (Å²) in [5.74, 6) is 1.80. The van der Waals surface area contributed by atoms with Gasteiger partial charge >= 0.3 is 0 Å². The molecule has 0 amide bonds. The smallest absolute Gasteiger partial charge is 0.126 e. The second-order valence-corrected chi connectivity index (χ2v) is 6.07. The summed E-state index contributed by atoms with van der Waals surface area (Å²) in [4.78, 5) is 4.70. The van der Waals surface area contributed by atoms with E-state index in [0.29, 0.717) is 6.61 Å². The molecule has 1 atom stereocenters. The zero-order valence-electron chi connectivity index (χ0n) is 13.9. The minimum atomic E-state index is -0.110. The van der Waals surface area contributed by atoms with E-state index in [1.165, 1.54) is 11.1 Å². The summed E-state index contributed by atoms with van der Waals surface area (Å²) in [6.07, 6.45) is 0. The third-order valence-corrected chi connectivity index (χ3v) is 3.91. The van der Waals surface area contributed by atoms with Crippen LogP contribution in [-0.2, 0) is 6.54 Å². The second kappa shape index (κ2) is 6.42. The van der Waals surface area contributed by atoms with Gasteiger partial charge in [-0.25, -0.2) is 4.98 Å². The minimum absolute atomic E-state index is 0.110. The van der Waals surface area contributed by atoms with Crippen LogP contribution in [0.15, 0.2) is 42.5 Å². The average molecular weight is 309 g/mol. The van der Waals surface area contributed by atoms with Crippen molar-refractivity contribution in [2.75, 3.05) is 6.61 Å². The van der Waals surface area contributed by atoms with Gasteiger partial charge in [-0.05, 0) is 56.2 Å². The van der Waals surface area contributed by atoms with Crippen molar-refractivity contribution in [3.05, 3.63) is 59.4 Å². The van der Waals surface area contributed by atoms with Crippen LogP contribution in [0, 0.1) is 13.8 Å². The highest BCUT2D eigenvalue weighted by Crippen LogP contribution is 2.21. The Morgan fingerprint density at radius 2 is 1.91 bits per heavy atom. The van der Waals surface area contributed by atoms with Gasteiger partial charge in [-0.2, -0.15) is 0 Å². The molecular formula is C19H23N3O. The van der Waals surface area contributed by atoms with Crippen LogP contribution in [0.2, 0.25) is 0 Å². The van der Waals surface area contributed by atoms with Crippen molar-refractivity contribution < 1.29 is 4.74 Å². The molecule has 23 heavy (non-hydrogen) atoms. The molecule has 4 nitrogen and oxygen atoms in total. The van der Waals surface area contributed by atoms with Crippen LogP contribution in [0.4, 0.5) is 0 Å². The molecule has 0 aliphatic rings. The van der Waals surface area contributed by atoms with Gasteiger partial charge in [0.15, 0.2) is 0 Å². The lowest BCUT2D eigenvalue weighted by Crippen LogP contribution is -2.16. The summed E-state index contributed by atoms with van der Waals surface area (Å²) in [5, 5.41) is 0. The number of rotatable bonds is 5. The minimum Gasteiger partial charge on any atom is -0.492 e. The zero-order chi connectivity index (χ0) is 16.4. The molecule has 0 radical (unpaired) electrons. The number of hydrogen-bond acceptors (Lipinski definition) is 3. The number of ether oxygens (including phenoxy) is 1. The third kappa shape index (κ3) is 3.37. The number of fused-ring (bicyclic) bond motifs is 1. The molecule has 0 spiro atoms. The molecule has 2 N–H and O–H groups in total. The number of nitrogens with two attached hydrogens (primary N) is 1. The Morgan fingerprint density at radius 1 is 1.13 bits per heavy atom. The van der Waals surface area contributed by atoms with Crippen molar-refractivity contribution in [3.8, 4) is 5.75 Å². The molecule has 0 fully saturated rings. The van der Waals surface area contributed by atoms with Crippen molar-refractivity contribution in [2.45, 2.75) is 33.4 Å². The molecule has 1 heterocycles. The average Bonchev–Trinajstić information content (AvgIpc) is 2.85. The van der Waals surface area contributed by atoms with Crippen molar-refractivity contribution in [1.29, 1.82) is 0 Å². The van der Waals surface area contributed by atoms with Crippen LogP contribution in [0.1, 0.15) is 29.9 Å². The summed E-state index contributed by atoms with van der Waals surface area (Å²) in [7, 11) is 0. The molecule has 4 heteroatoms. The van der Waals surface area contributed by atoms with Gasteiger partial charge < -0.3 is 15.0 Å². The highest BCUT2D eigenvalue weighted by atomic mass is 16.5. The summed E-state index contributed by atoms with van der Waals surface area (Å²) < 4.78 is 8.04. The zero-order valence-corrected chi connectivity index (χ0v) is 13.9. The molecule has 120 valence electrons. The first-order chi connectivity index (χ1) is 11.0. The summed E-state index contributed by atoms with van der Waals surface area (Å²) in [5.41, 5.74) is 10.6. The Labute approximate surface area is 136 Å². The van der Waals surface area contributed by atoms with Gasteiger partial charge in [0.2, 0.25) is 0 Å². The largest absolute Gasteiger partial charge is 0.492 e. The van der Waals surface area contributed by atoms with Crippen molar-refractivity contribution in [3.63, 3.8) is 0 Å². The Morgan fingerprint density at radius 3 is 2.65 bits per heavy atom. The Bertz CT molecular complexity index is 821. The van der Waals surface area contributed by atoms with Gasteiger partial charge in [-0.3, -0.25) is 0 Å². The monoisotopic (exact) mass is 309 g/mol. The second-order valence-electron chi connectivity index (χ2n) is 6.07. The summed E-state index contributed by atoms with van der Waals surface area (Å²) in [6.45, 7) is 7.41. The van der Waals surface area contributed by atoms with Crippen molar-refractivity contribution in [2.24, 2.45) is 5.73 Å². The molecule has 0 aliphatic heterocycles. The van der Waals surface area contributed by atoms with E-state index in [-0.39, 0.29) is 6.04 Å². The highest BCUT2D eigenvalue weighted by molar-refractivity contribution is 5.77. The quantitative estimate of drug-likeness (QED) is 0.781. The first-order valence-corrected chi connectivity index (χ1v) is 7.96. The lowest BCUT2D eigenvalue weighted by molar-refractivity contribution is 0.297. The van der Waals surface area contributed by atoms with Crippen LogP contribution < -0.4 is 10.5 Å². The number of aryl methyl sites for hydroxylation is 2. The van der Waals surface area contributed by atoms with Gasteiger partial charge in [0, 0.05) is 0 Å². The lowest BCUT2D eigenvalue weighted by Gasteiger charge is -2.12. The number of hydrogen-bond donors (Lipinski definition) is 1. The van der Waals surface area contributed by atoms with E-state index in [4.69, 9.17) is 15.5 Å². The van der Waals surface area contributed by atoms with E-state index in [9.17, 15) is 0 Å². The Kier molecular flexibility index (Phi) is 4.35. The molecule has 1 aromatic heterocycles. The number of nitrogens with zero attached hydrogens (tertiary/aromatic N) is 2. The molecule has 2 aromatic carbocycles. The maximum Gasteiger partial charge on any atom is 0.126 e. The van der Waals surface area contributed by atoms with E-state index in [0.717, 1.165) is 29.2 Å². The Hall–Kier alpha value is -2.33. The fourth-order valence-corrected chi connectivity index (χ4v) is 2.80. The van der Waals surface area contributed by atoms with Crippen molar-refractivity contribution >= 4 is 11.0 Å². The van der Waals surface area contributed by atoms with Crippen LogP contribution in [0.3, 0.4) is 0 Å². The predicted octanol–water partition coefficient (Wildman–Crippen LogP) is 3.75. The normalized spacial score (nSPS) is 12.5. The van der Waals surface area contributed by atoms with E-state index in [1.807, 2.05) is 25.1 Å². The van der Waals surface area contributed by atoms with Gasteiger partial charge in [0.05, 0.1) is 23.6 Å². The first-order valence-electron chi connectivity index (χ1n) is 7.96. The maximum atomic E-state index is 6.09. The molecule has 1 unspecified atom stereocenters. The van der Waals surface area contributed by atoms with E-state index < -0.39 is 0 Å². The molecule has 0 aliphatic carbocycles. The molecule has 3 aromatic rings. The lowest BCUT2D eigenvalue weighted by atomic mass is 10.2. The van der Waals surface area contributed by atoms with Crippen LogP contribution in [-0.4, -0.2) is 16.2 Å². The number of benzene rings is 2.